The van der Waals surface area contributed by atoms with E-state index in [1.165, 1.54) is 14.2 Å². The van der Waals surface area contributed by atoms with Crippen molar-refractivity contribution in [2.24, 2.45) is 0 Å². The lowest BCUT2D eigenvalue weighted by Gasteiger charge is -2.41. The van der Waals surface area contributed by atoms with Crippen LogP contribution >= 0.6 is 0 Å². The van der Waals surface area contributed by atoms with Crippen LogP contribution in [0.5, 0.6) is 0 Å². The summed E-state index contributed by atoms with van der Waals surface area (Å²) < 4.78 is 15.0. The molecule has 7 heteroatoms. The predicted molar refractivity (Wildman–Crippen MR) is 51.6 cm³/mol. The zero-order valence-corrected chi connectivity index (χ0v) is 9.18. The maximum Gasteiger partial charge on any atom is 0.185 e. The Morgan fingerprint density at radius 1 is 1.06 bits per heavy atom. The molecule has 0 spiro atoms. The minimum atomic E-state index is -1.41. The summed E-state index contributed by atoms with van der Waals surface area (Å²) in [5.41, 5.74) is 0. The van der Waals surface area contributed by atoms with E-state index < -0.39 is 43.4 Å². The number of hydrogen-bond donors (Lipinski definition) is 4. The van der Waals surface area contributed by atoms with Crippen molar-refractivity contribution in [2.45, 2.75) is 36.8 Å². The number of aliphatic hydroxyl groups is 4. The largest absolute Gasteiger partial charge is 0.394 e. The van der Waals surface area contributed by atoms with Crippen molar-refractivity contribution < 1.29 is 34.6 Å². The molecule has 4 N–H and O–H groups in total. The van der Waals surface area contributed by atoms with Crippen LogP contribution in [0.2, 0.25) is 0 Å². The summed E-state index contributed by atoms with van der Waals surface area (Å²) in [7, 11) is 2.71. The molecule has 1 rings (SSSR count). The van der Waals surface area contributed by atoms with E-state index >= 15 is 0 Å². The summed E-state index contributed by atoms with van der Waals surface area (Å²) in [5, 5.41) is 37.7. The summed E-state index contributed by atoms with van der Waals surface area (Å²) in [6, 6.07) is 0. The molecule has 5 atom stereocenters. The van der Waals surface area contributed by atoms with Gasteiger partial charge in [-0.2, -0.15) is 0 Å². The van der Waals surface area contributed by atoms with Crippen LogP contribution in [0.3, 0.4) is 0 Å². The van der Waals surface area contributed by atoms with Crippen LogP contribution in [-0.4, -0.2) is 78.1 Å². The number of hydrogen-bond acceptors (Lipinski definition) is 7. The third-order valence-electron chi connectivity index (χ3n) is 2.66. The Morgan fingerprint density at radius 2 is 1.62 bits per heavy atom. The monoisotopic (exact) mass is 238 g/mol. The van der Waals surface area contributed by atoms with Gasteiger partial charge in [-0.15, -0.1) is 0 Å². The van der Waals surface area contributed by atoms with E-state index in [9.17, 15) is 15.3 Å². The molecule has 7 nitrogen and oxygen atoms in total. The maximum atomic E-state index is 9.68. The summed E-state index contributed by atoms with van der Waals surface area (Å²) in [6.07, 6.45) is -6.93. The smallest absolute Gasteiger partial charge is 0.185 e. The molecule has 16 heavy (non-hydrogen) atoms. The zero-order chi connectivity index (χ0) is 12.3. The number of ether oxygens (including phenoxy) is 3. The van der Waals surface area contributed by atoms with Gasteiger partial charge >= 0.3 is 0 Å². The molecule has 0 aromatic heterocycles. The lowest BCUT2D eigenvalue weighted by atomic mass is 9.95. The SMILES string of the molecule is COC(OC)[C@@H]1O[C@H](CO)[C@@H](O)[C@H](O)[C@H]1O. The van der Waals surface area contributed by atoms with Gasteiger partial charge in [0.25, 0.3) is 0 Å². The molecule has 1 fully saturated rings. The summed E-state index contributed by atoms with van der Waals surface area (Å²) in [4.78, 5) is 0. The molecular formula is C9H18O7. The molecule has 96 valence electrons. The normalized spacial score (nSPS) is 40.3. The molecule has 0 unspecified atom stereocenters. The van der Waals surface area contributed by atoms with Crippen molar-refractivity contribution in [1.82, 2.24) is 0 Å². The lowest BCUT2D eigenvalue weighted by Crippen LogP contribution is -2.61. The van der Waals surface area contributed by atoms with Gasteiger partial charge in [0.15, 0.2) is 6.29 Å². The Hall–Kier alpha value is -0.280. The van der Waals surface area contributed by atoms with Crippen LogP contribution in [-0.2, 0) is 14.2 Å². The van der Waals surface area contributed by atoms with E-state index in [1.54, 1.807) is 0 Å². The molecule has 1 heterocycles. The molecule has 0 aromatic rings. The van der Waals surface area contributed by atoms with Crippen LogP contribution in [0.25, 0.3) is 0 Å². The molecular weight excluding hydrogens is 220 g/mol. The molecule has 1 saturated heterocycles. The Kier molecular flexibility index (Phi) is 5.06. The lowest BCUT2D eigenvalue weighted by molar-refractivity contribution is -0.287. The van der Waals surface area contributed by atoms with E-state index in [4.69, 9.17) is 19.3 Å². The Labute approximate surface area is 93.2 Å². The minimum Gasteiger partial charge on any atom is -0.394 e. The van der Waals surface area contributed by atoms with Gasteiger partial charge in [0.1, 0.15) is 30.5 Å². The van der Waals surface area contributed by atoms with Gasteiger partial charge in [-0.25, -0.2) is 0 Å². The standard InChI is InChI=1S/C9H18O7/c1-14-9(15-2)8-7(13)6(12)5(11)4(3-10)16-8/h4-13H,3H2,1-2H3/t4-,5-,6+,7-,8-/m1/s1. The fraction of sp³-hybridized carbons (Fsp3) is 1.00. The van der Waals surface area contributed by atoms with Gasteiger partial charge in [-0.3, -0.25) is 0 Å². The van der Waals surface area contributed by atoms with Crippen molar-refractivity contribution in [2.75, 3.05) is 20.8 Å². The second-order valence-electron chi connectivity index (χ2n) is 3.63. The predicted octanol–water partition coefficient (Wildman–Crippen LogP) is -2.55. The third-order valence-corrected chi connectivity index (χ3v) is 2.66. The highest BCUT2D eigenvalue weighted by Gasteiger charge is 2.46. The molecule has 1 aliphatic heterocycles. The number of methoxy groups -OCH3 is 2. The number of rotatable bonds is 4. The van der Waals surface area contributed by atoms with E-state index in [2.05, 4.69) is 0 Å². The van der Waals surface area contributed by atoms with E-state index in [0.29, 0.717) is 0 Å². The van der Waals surface area contributed by atoms with E-state index in [1.807, 2.05) is 0 Å². The van der Waals surface area contributed by atoms with Crippen molar-refractivity contribution >= 4 is 0 Å². The van der Waals surface area contributed by atoms with E-state index in [-0.39, 0.29) is 0 Å². The van der Waals surface area contributed by atoms with Gasteiger partial charge in [-0.05, 0) is 0 Å². The van der Waals surface area contributed by atoms with Gasteiger partial charge in [0.05, 0.1) is 6.61 Å². The highest BCUT2D eigenvalue weighted by molar-refractivity contribution is 4.93. The molecule has 0 aliphatic carbocycles. The summed E-state index contributed by atoms with van der Waals surface area (Å²) in [5.74, 6) is 0. The fourth-order valence-corrected chi connectivity index (χ4v) is 1.72. The highest BCUT2D eigenvalue weighted by Crippen LogP contribution is 2.24. The van der Waals surface area contributed by atoms with Crippen molar-refractivity contribution in [3.05, 3.63) is 0 Å². The molecule has 0 bridgehead atoms. The first-order valence-corrected chi connectivity index (χ1v) is 4.93. The second-order valence-corrected chi connectivity index (χ2v) is 3.63. The molecule has 1 aliphatic rings. The average molecular weight is 238 g/mol. The Bertz CT molecular complexity index is 203. The van der Waals surface area contributed by atoms with Gasteiger partial charge in [-0.1, -0.05) is 0 Å². The first kappa shape index (κ1) is 13.8. The molecule has 0 aromatic carbocycles. The van der Waals surface area contributed by atoms with E-state index in [0.717, 1.165) is 0 Å². The average Bonchev–Trinajstić information content (AvgIpc) is 2.30. The maximum absolute atomic E-state index is 9.68. The van der Waals surface area contributed by atoms with Crippen molar-refractivity contribution in [3.8, 4) is 0 Å². The first-order valence-electron chi connectivity index (χ1n) is 4.93. The zero-order valence-electron chi connectivity index (χ0n) is 9.18. The molecule has 0 radical (unpaired) electrons. The number of aliphatic hydroxyl groups excluding tert-OH is 4. The topological polar surface area (TPSA) is 109 Å². The van der Waals surface area contributed by atoms with Crippen LogP contribution in [0.1, 0.15) is 0 Å². The third kappa shape index (κ3) is 2.51. The quantitative estimate of drug-likeness (QED) is 0.399. The first-order chi connectivity index (χ1) is 7.56. The summed E-state index contributed by atoms with van der Waals surface area (Å²) in [6.45, 7) is -0.471. The Morgan fingerprint density at radius 3 is 2.06 bits per heavy atom. The van der Waals surface area contributed by atoms with Gasteiger partial charge < -0.3 is 34.6 Å². The Balaban J connectivity index is 2.77. The van der Waals surface area contributed by atoms with Crippen LogP contribution in [0.15, 0.2) is 0 Å². The second kappa shape index (κ2) is 5.87. The van der Waals surface area contributed by atoms with Crippen LogP contribution < -0.4 is 0 Å². The fourth-order valence-electron chi connectivity index (χ4n) is 1.72. The van der Waals surface area contributed by atoms with Crippen LogP contribution in [0.4, 0.5) is 0 Å². The van der Waals surface area contributed by atoms with Crippen molar-refractivity contribution in [1.29, 1.82) is 0 Å². The minimum absolute atomic E-state index is 0.471. The van der Waals surface area contributed by atoms with Gasteiger partial charge in [0.2, 0.25) is 0 Å². The molecule has 0 saturated carbocycles. The van der Waals surface area contributed by atoms with Crippen LogP contribution in [0, 0.1) is 0 Å². The highest BCUT2D eigenvalue weighted by atomic mass is 16.7. The molecule has 0 amide bonds. The van der Waals surface area contributed by atoms with Gasteiger partial charge in [0, 0.05) is 14.2 Å². The van der Waals surface area contributed by atoms with Crippen molar-refractivity contribution in [3.63, 3.8) is 0 Å². The summed E-state index contributed by atoms with van der Waals surface area (Å²) >= 11 is 0.